The Morgan fingerprint density at radius 3 is 3.07 bits per heavy atom. The van der Waals surface area contributed by atoms with Crippen molar-refractivity contribution in [3.8, 4) is 0 Å². The van der Waals surface area contributed by atoms with E-state index in [1.807, 2.05) is 5.38 Å². The molecule has 0 radical (unpaired) electrons. The predicted molar refractivity (Wildman–Crippen MR) is 56.9 cm³/mol. The molecule has 1 heterocycles. The number of aliphatic carboxylic acids is 1. The molecular formula is C9H14N2O3S. The van der Waals surface area contributed by atoms with Gasteiger partial charge in [0.2, 0.25) is 0 Å². The fraction of sp³-hybridized carbons (Fsp3) is 0.556. The molecule has 0 saturated carbocycles. The van der Waals surface area contributed by atoms with Gasteiger partial charge < -0.3 is 9.84 Å². The van der Waals surface area contributed by atoms with Crippen molar-refractivity contribution < 1.29 is 14.6 Å². The number of methoxy groups -OCH3 is 1. The van der Waals surface area contributed by atoms with E-state index < -0.39 is 5.97 Å². The minimum atomic E-state index is -0.831. The first kappa shape index (κ1) is 12.1. The van der Waals surface area contributed by atoms with E-state index >= 15 is 0 Å². The molecule has 0 spiro atoms. The highest BCUT2D eigenvalue weighted by atomic mass is 32.1. The van der Waals surface area contributed by atoms with E-state index in [2.05, 4.69) is 4.98 Å². The van der Waals surface area contributed by atoms with Crippen LogP contribution in [0.3, 0.4) is 0 Å². The van der Waals surface area contributed by atoms with Gasteiger partial charge in [-0.05, 0) is 0 Å². The third-order valence-corrected chi connectivity index (χ3v) is 2.58. The van der Waals surface area contributed by atoms with Crippen molar-refractivity contribution in [2.45, 2.75) is 6.54 Å². The first-order valence-electron chi connectivity index (χ1n) is 4.54. The number of hydrogen-bond acceptors (Lipinski definition) is 5. The number of carbonyl (C=O) groups is 1. The highest BCUT2D eigenvalue weighted by Crippen LogP contribution is 2.07. The first-order valence-corrected chi connectivity index (χ1v) is 5.42. The highest BCUT2D eigenvalue weighted by molar-refractivity contribution is 7.09. The number of ether oxygens (including phenoxy) is 1. The van der Waals surface area contributed by atoms with Gasteiger partial charge in [-0.3, -0.25) is 9.69 Å². The summed E-state index contributed by atoms with van der Waals surface area (Å²) in [5, 5.41) is 11.5. The van der Waals surface area contributed by atoms with Gasteiger partial charge in [0.1, 0.15) is 5.01 Å². The second-order valence-corrected chi connectivity index (χ2v) is 4.00. The molecule has 1 aromatic rings. The number of hydrogen-bond donors (Lipinski definition) is 1. The van der Waals surface area contributed by atoms with Crippen molar-refractivity contribution in [1.29, 1.82) is 0 Å². The summed E-state index contributed by atoms with van der Waals surface area (Å²) in [6.45, 7) is 1.71. The monoisotopic (exact) mass is 230 g/mol. The summed E-state index contributed by atoms with van der Waals surface area (Å²) in [6.07, 6.45) is 1.72. The summed E-state index contributed by atoms with van der Waals surface area (Å²) in [4.78, 5) is 16.5. The molecule has 0 aliphatic heterocycles. The Morgan fingerprint density at radius 2 is 2.53 bits per heavy atom. The van der Waals surface area contributed by atoms with E-state index in [0.29, 0.717) is 19.7 Å². The van der Waals surface area contributed by atoms with E-state index in [1.54, 1.807) is 18.2 Å². The second kappa shape index (κ2) is 6.49. The Kier molecular flexibility index (Phi) is 5.23. The minimum Gasteiger partial charge on any atom is -0.480 e. The maximum atomic E-state index is 10.6. The third-order valence-electron chi connectivity index (χ3n) is 1.81. The van der Waals surface area contributed by atoms with Crippen molar-refractivity contribution in [2.24, 2.45) is 0 Å². The van der Waals surface area contributed by atoms with Crippen LogP contribution >= 0.6 is 11.3 Å². The Labute approximate surface area is 92.3 Å². The van der Waals surface area contributed by atoms with Gasteiger partial charge in [0.15, 0.2) is 0 Å². The van der Waals surface area contributed by atoms with Crippen molar-refractivity contribution in [3.63, 3.8) is 0 Å². The topological polar surface area (TPSA) is 62.7 Å². The quantitative estimate of drug-likeness (QED) is 0.746. The van der Waals surface area contributed by atoms with Gasteiger partial charge in [0, 0.05) is 25.2 Å². The van der Waals surface area contributed by atoms with E-state index in [-0.39, 0.29) is 6.54 Å². The van der Waals surface area contributed by atoms with Crippen molar-refractivity contribution >= 4 is 17.3 Å². The van der Waals surface area contributed by atoms with Crippen LogP contribution in [0.2, 0.25) is 0 Å². The van der Waals surface area contributed by atoms with Gasteiger partial charge in [-0.2, -0.15) is 0 Å². The minimum absolute atomic E-state index is 0.0168. The molecule has 0 atom stereocenters. The Hall–Kier alpha value is -0.980. The smallest absolute Gasteiger partial charge is 0.317 e. The molecule has 0 aliphatic carbocycles. The van der Waals surface area contributed by atoms with Crippen LogP contribution in [0.25, 0.3) is 0 Å². The largest absolute Gasteiger partial charge is 0.480 e. The van der Waals surface area contributed by atoms with E-state index in [9.17, 15) is 4.79 Å². The zero-order valence-electron chi connectivity index (χ0n) is 8.55. The SMILES string of the molecule is COCCN(CC(=O)O)Cc1nccs1. The van der Waals surface area contributed by atoms with Crippen LogP contribution in [0.4, 0.5) is 0 Å². The van der Waals surface area contributed by atoms with Gasteiger partial charge in [0.05, 0.1) is 19.7 Å². The fourth-order valence-corrected chi connectivity index (χ4v) is 1.81. The Balaban J connectivity index is 2.44. The lowest BCUT2D eigenvalue weighted by Gasteiger charge is -2.17. The molecule has 84 valence electrons. The lowest BCUT2D eigenvalue weighted by molar-refractivity contribution is -0.138. The van der Waals surface area contributed by atoms with Gasteiger partial charge in [-0.1, -0.05) is 0 Å². The molecular weight excluding hydrogens is 216 g/mol. The lowest BCUT2D eigenvalue weighted by Crippen LogP contribution is -2.32. The molecule has 0 bridgehead atoms. The number of aromatic nitrogens is 1. The van der Waals surface area contributed by atoms with Crippen molar-refractivity contribution in [2.75, 3.05) is 26.8 Å². The van der Waals surface area contributed by atoms with Crippen LogP contribution in [0.5, 0.6) is 0 Å². The normalized spacial score (nSPS) is 10.8. The highest BCUT2D eigenvalue weighted by Gasteiger charge is 2.11. The molecule has 5 nitrogen and oxygen atoms in total. The molecule has 1 N–H and O–H groups in total. The molecule has 0 fully saturated rings. The van der Waals surface area contributed by atoms with E-state index in [1.165, 1.54) is 11.3 Å². The zero-order chi connectivity index (χ0) is 11.1. The summed E-state index contributed by atoms with van der Waals surface area (Å²) in [6, 6.07) is 0. The molecule has 0 aromatic carbocycles. The summed E-state index contributed by atoms with van der Waals surface area (Å²) in [5.74, 6) is -0.831. The lowest BCUT2D eigenvalue weighted by atomic mass is 10.4. The van der Waals surface area contributed by atoms with Crippen LogP contribution in [-0.2, 0) is 16.1 Å². The number of thiazole rings is 1. The van der Waals surface area contributed by atoms with Crippen LogP contribution in [0.15, 0.2) is 11.6 Å². The number of carboxylic acids is 1. The Bertz CT molecular complexity index is 290. The molecule has 1 aromatic heterocycles. The molecule has 6 heteroatoms. The Morgan fingerprint density at radius 1 is 1.73 bits per heavy atom. The second-order valence-electron chi connectivity index (χ2n) is 3.02. The first-order chi connectivity index (χ1) is 7.22. The summed E-state index contributed by atoms with van der Waals surface area (Å²) >= 11 is 1.53. The molecule has 1 rings (SSSR count). The number of nitrogens with zero attached hydrogens (tertiary/aromatic N) is 2. The summed E-state index contributed by atoms with van der Waals surface area (Å²) in [5.41, 5.74) is 0. The fourth-order valence-electron chi connectivity index (χ4n) is 1.15. The maximum absolute atomic E-state index is 10.6. The summed E-state index contributed by atoms with van der Waals surface area (Å²) in [7, 11) is 1.60. The van der Waals surface area contributed by atoms with Crippen LogP contribution in [0, 0.1) is 0 Å². The average molecular weight is 230 g/mol. The van der Waals surface area contributed by atoms with Crippen LogP contribution in [-0.4, -0.2) is 47.8 Å². The maximum Gasteiger partial charge on any atom is 0.317 e. The zero-order valence-corrected chi connectivity index (χ0v) is 9.37. The predicted octanol–water partition coefficient (Wildman–Crippen LogP) is 0.676. The molecule has 0 saturated heterocycles. The number of rotatable bonds is 7. The van der Waals surface area contributed by atoms with Gasteiger partial charge in [-0.25, -0.2) is 4.98 Å². The molecule has 0 unspecified atom stereocenters. The standard InChI is InChI=1S/C9H14N2O3S/c1-14-4-3-11(7-9(12)13)6-8-10-2-5-15-8/h2,5H,3-4,6-7H2,1H3,(H,12,13). The van der Waals surface area contributed by atoms with Crippen LogP contribution < -0.4 is 0 Å². The van der Waals surface area contributed by atoms with Crippen molar-refractivity contribution in [3.05, 3.63) is 16.6 Å². The molecule has 15 heavy (non-hydrogen) atoms. The third kappa shape index (κ3) is 4.87. The number of carboxylic acid groups (broad SMARTS) is 1. The molecule has 0 amide bonds. The van der Waals surface area contributed by atoms with Gasteiger partial charge >= 0.3 is 5.97 Å². The van der Waals surface area contributed by atoms with Crippen LogP contribution in [0.1, 0.15) is 5.01 Å². The van der Waals surface area contributed by atoms with Gasteiger partial charge in [-0.15, -0.1) is 11.3 Å². The average Bonchev–Trinajstić information content (AvgIpc) is 2.66. The van der Waals surface area contributed by atoms with E-state index in [4.69, 9.17) is 9.84 Å². The van der Waals surface area contributed by atoms with E-state index in [0.717, 1.165) is 5.01 Å². The van der Waals surface area contributed by atoms with Crippen molar-refractivity contribution in [1.82, 2.24) is 9.88 Å². The van der Waals surface area contributed by atoms with Gasteiger partial charge in [0.25, 0.3) is 0 Å². The summed E-state index contributed by atoms with van der Waals surface area (Å²) < 4.78 is 4.92. The molecule has 0 aliphatic rings.